The van der Waals surface area contributed by atoms with E-state index in [9.17, 15) is 5.11 Å². The predicted octanol–water partition coefficient (Wildman–Crippen LogP) is 5.03. The van der Waals surface area contributed by atoms with Crippen molar-refractivity contribution in [2.24, 2.45) is 11.3 Å². The van der Waals surface area contributed by atoms with E-state index in [0.29, 0.717) is 0 Å². The zero-order valence-corrected chi connectivity index (χ0v) is 15.0. The number of fused-ring (bicyclic) bond motifs is 3. The number of aliphatic hydroxyl groups is 1. The van der Waals surface area contributed by atoms with Crippen LogP contribution in [0.5, 0.6) is 0 Å². The fraction of sp³-hybridized carbons (Fsp3) is 0.450. The fourth-order valence-corrected chi connectivity index (χ4v) is 5.34. The Morgan fingerprint density at radius 2 is 2.00 bits per heavy atom. The molecule has 0 radical (unpaired) electrons. The third kappa shape index (κ3) is 1.81. The third-order valence-electron chi connectivity index (χ3n) is 6.35. The number of benzene rings is 1. The second-order valence-electron chi connectivity index (χ2n) is 7.48. The van der Waals surface area contributed by atoms with Gasteiger partial charge >= 0.3 is 0 Å². The maximum Gasteiger partial charge on any atom is 0.127 e. The molecule has 0 aliphatic heterocycles. The lowest BCUT2D eigenvalue weighted by Gasteiger charge is -2.43. The molecule has 4 rings (SSSR count). The Kier molecular flexibility index (Phi) is 2.99. The molecule has 2 nitrogen and oxygen atoms in total. The summed E-state index contributed by atoms with van der Waals surface area (Å²) in [7, 11) is 0. The van der Waals surface area contributed by atoms with Gasteiger partial charge in [0.15, 0.2) is 0 Å². The normalized spacial score (nSPS) is 33.3. The van der Waals surface area contributed by atoms with Crippen LogP contribution in [0.2, 0.25) is 0 Å². The van der Waals surface area contributed by atoms with Gasteiger partial charge in [-0.25, -0.2) is 4.98 Å². The van der Waals surface area contributed by atoms with Crippen molar-refractivity contribution in [1.82, 2.24) is 4.98 Å². The van der Waals surface area contributed by atoms with Gasteiger partial charge in [0.25, 0.3) is 0 Å². The average Bonchev–Trinajstić information content (AvgIpc) is 3.02. The van der Waals surface area contributed by atoms with Crippen molar-refractivity contribution in [3.63, 3.8) is 0 Å². The topological polar surface area (TPSA) is 33.1 Å². The summed E-state index contributed by atoms with van der Waals surface area (Å²) in [6.07, 6.45) is 3.91. The minimum atomic E-state index is -0.904. The van der Waals surface area contributed by atoms with Gasteiger partial charge in [-0.05, 0) is 50.8 Å². The van der Waals surface area contributed by atoms with Crippen LogP contribution in [-0.2, 0) is 5.60 Å². The maximum atomic E-state index is 11.5. The summed E-state index contributed by atoms with van der Waals surface area (Å²) in [6, 6.07) is 4.26. The lowest BCUT2D eigenvalue weighted by molar-refractivity contribution is -0.0249. The van der Waals surface area contributed by atoms with E-state index in [2.05, 4.69) is 52.5 Å². The van der Waals surface area contributed by atoms with Gasteiger partial charge in [0.05, 0.1) is 10.2 Å². The van der Waals surface area contributed by atoms with Crippen molar-refractivity contribution >= 4 is 21.6 Å². The lowest BCUT2D eigenvalue weighted by Crippen LogP contribution is -2.41. The Balaban J connectivity index is 1.88. The predicted molar refractivity (Wildman–Crippen MR) is 96.7 cm³/mol. The highest BCUT2D eigenvalue weighted by Crippen LogP contribution is 2.60. The minimum Gasteiger partial charge on any atom is -0.382 e. The van der Waals surface area contributed by atoms with Gasteiger partial charge in [-0.2, -0.15) is 0 Å². The molecule has 120 valence electrons. The Bertz CT molecular complexity index is 877. The first kappa shape index (κ1) is 15.1. The molecule has 0 amide bonds. The Morgan fingerprint density at radius 1 is 1.26 bits per heavy atom. The van der Waals surface area contributed by atoms with E-state index in [1.54, 1.807) is 11.3 Å². The Morgan fingerprint density at radius 3 is 2.74 bits per heavy atom. The number of hydrogen-bond donors (Lipinski definition) is 1. The van der Waals surface area contributed by atoms with Crippen LogP contribution in [0.25, 0.3) is 10.2 Å². The minimum absolute atomic E-state index is 0.0109. The molecule has 2 bridgehead atoms. The standard InChI is InChI=1S/C20H23NOS/c1-11-6-7-16-17(13(11)3)21-18(23-16)20(22)9-8-19(5)12(2)10-15(20)14(19)4/h6-7,10,15,22H,4,8-9H2,1-3,5H3/t15-,19+,20-/m1/s1. The SMILES string of the molecule is C=C1[C@H]2C=C(C)[C@]1(C)CC[C@]2(O)c1nc2c(C)c(C)ccc2s1. The lowest BCUT2D eigenvalue weighted by atomic mass is 9.65. The zero-order chi connectivity index (χ0) is 16.6. The molecule has 1 N–H and O–H groups in total. The summed E-state index contributed by atoms with van der Waals surface area (Å²) in [4.78, 5) is 4.87. The third-order valence-corrected chi connectivity index (χ3v) is 7.53. The second kappa shape index (κ2) is 4.55. The number of rotatable bonds is 1. The Labute approximate surface area is 141 Å². The van der Waals surface area contributed by atoms with Crippen LogP contribution in [0.3, 0.4) is 0 Å². The molecule has 1 heterocycles. The fourth-order valence-electron chi connectivity index (χ4n) is 4.16. The van der Waals surface area contributed by atoms with Crippen LogP contribution in [0.1, 0.15) is 42.8 Å². The van der Waals surface area contributed by atoms with Crippen molar-refractivity contribution in [3.05, 3.63) is 52.1 Å². The summed E-state index contributed by atoms with van der Waals surface area (Å²) in [5, 5.41) is 12.4. The van der Waals surface area contributed by atoms with Gasteiger partial charge in [-0.3, -0.25) is 0 Å². The van der Waals surface area contributed by atoms with Gasteiger partial charge in [-0.15, -0.1) is 11.3 Å². The van der Waals surface area contributed by atoms with Crippen LogP contribution in [0, 0.1) is 25.2 Å². The number of hydrogen-bond acceptors (Lipinski definition) is 3. The van der Waals surface area contributed by atoms with Crippen molar-refractivity contribution in [3.8, 4) is 0 Å². The molecule has 0 saturated heterocycles. The van der Waals surface area contributed by atoms with E-state index < -0.39 is 5.60 Å². The molecular weight excluding hydrogens is 302 g/mol. The molecule has 1 aromatic carbocycles. The first-order valence-electron chi connectivity index (χ1n) is 8.25. The molecule has 3 heteroatoms. The van der Waals surface area contributed by atoms with Gasteiger partial charge in [0.2, 0.25) is 0 Å². The van der Waals surface area contributed by atoms with Crippen molar-refractivity contribution in [1.29, 1.82) is 0 Å². The molecule has 0 unspecified atom stereocenters. The van der Waals surface area contributed by atoms with Crippen LogP contribution < -0.4 is 0 Å². The average molecular weight is 325 g/mol. The number of allylic oxidation sites excluding steroid dienone is 1. The first-order chi connectivity index (χ1) is 10.8. The summed E-state index contributed by atoms with van der Waals surface area (Å²) in [5.41, 5.74) is 5.15. The molecule has 1 saturated carbocycles. The van der Waals surface area contributed by atoms with E-state index in [0.717, 1.165) is 33.6 Å². The zero-order valence-electron chi connectivity index (χ0n) is 14.2. The first-order valence-corrected chi connectivity index (χ1v) is 9.07. The molecule has 23 heavy (non-hydrogen) atoms. The monoisotopic (exact) mass is 325 g/mol. The van der Waals surface area contributed by atoms with Gasteiger partial charge in [0, 0.05) is 11.3 Å². The highest BCUT2D eigenvalue weighted by atomic mass is 32.1. The van der Waals surface area contributed by atoms with Gasteiger partial charge in [-0.1, -0.05) is 36.8 Å². The number of nitrogens with zero attached hydrogens (tertiary/aromatic N) is 1. The highest BCUT2D eigenvalue weighted by Gasteiger charge is 2.54. The number of aryl methyl sites for hydroxylation is 2. The van der Waals surface area contributed by atoms with E-state index in [1.807, 2.05) is 0 Å². The van der Waals surface area contributed by atoms with Crippen LogP contribution in [0.4, 0.5) is 0 Å². The smallest absolute Gasteiger partial charge is 0.127 e. The molecule has 2 aliphatic rings. The van der Waals surface area contributed by atoms with Gasteiger partial charge < -0.3 is 5.11 Å². The summed E-state index contributed by atoms with van der Waals surface area (Å²) in [5.74, 6) is -0.0109. The van der Waals surface area contributed by atoms with Crippen molar-refractivity contribution < 1.29 is 5.11 Å². The van der Waals surface area contributed by atoms with E-state index in [-0.39, 0.29) is 11.3 Å². The van der Waals surface area contributed by atoms with Crippen LogP contribution in [-0.4, -0.2) is 10.1 Å². The molecule has 1 fully saturated rings. The van der Waals surface area contributed by atoms with E-state index in [1.165, 1.54) is 16.7 Å². The van der Waals surface area contributed by atoms with Gasteiger partial charge in [0.1, 0.15) is 10.6 Å². The maximum absolute atomic E-state index is 11.5. The highest BCUT2D eigenvalue weighted by molar-refractivity contribution is 7.18. The van der Waals surface area contributed by atoms with E-state index in [4.69, 9.17) is 4.98 Å². The van der Waals surface area contributed by atoms with E-state index >= 15 is 0 Å². The Hall–Kier alpha value is -1.45. The number of aromatic nitrogens is 1. The molecule has 0 spiro atoms. The molecule has 2 aromatic rings. The van der Waals surface area contributed by atoms with Crippen LogP contribution in [0.15, 0.2) is 35.9 Å². The molecule has 2 aliphatic carbocycles. The van der Waals surface area contributed by atoms with Crippen molar-refractivity contribution in [2.45, 2.75) is 46.1 Å². The second-order valence-corrected chi connectivity index (χ2v) is 8.51. The quantitative estimate of drug-likeness (QED) is 0.746. The molecule has 3 atom stereocenters. The largest absolute Gasteiger partial charge is 0.382 e. The molecular formula is C20H23NOS. The van der Waals surface area contributed by atoms with Crippen LogP contribution >= 0.6 is 11.3 Å². The summed E-state index contributed by atoms with van der Waals surface area (Å²) < 4.78 is 1.16. The number of thiazole rings is 1. The summed E-state index contributed by atoms with van der Waals surface area (Å²) >= 11 is 1.63. The summed E-state index contributed by atoms with van der Waals surface area (Å²) in [6.45, 7) is 13.0. The van der Waals surface area contributed by atoms with Crippen molar-refractivity contribution in [2.75, 3.05) is 0 Å². The molecule has 1 aromatic heterocycles.